The molecule has 1 N–H and O–H groups in total. The molecule has 146 valence electrons. The number of anilines is 1. The van der Waals surface area contributed by atoms with Crippen LogP contribution in [0.1, 0.15) is 35.6 Å². The molecule has 0 saturated carbocycles. The molecule has 2 atom stereocenters. The Morgan fingerprint density at radius 3 is 3.07 bits per heavy atom. The summed E-state index contributed by atoms with van der Waals surface area (Å²) in [6, 6.07) is 7.63. The Balaban J connectivity index is 1.60. The van der Waals surface area contributed by atoms with E-state index in [9.17, 15) is 4.79 Å². The van der Waals surface area contributed by atoms with Crippen LogP contribution in [0.3, 0.4) is 0 Å². The number of thiophene rings is 1. The molecule has 0 aromatic carbocycles. The van der Waals surface area contributed by atoms with Gasteiger partial charge in [-0.3, -0.25) is 9.78 Å². The summed E-state index contributed by atoms with van der Waals surface area (Å²) in [7, 11) is 1.70. The highest BCUT2D eigenvalue weighted by atomic mass is 32.1. The number of likely N-dealkylation sites (tertiary alicyclic amines) is 1. The Morgan fingerprint density at radius 1 is 1.39 bits per heavy atom. The number of rotatable bonds is 6. The predicted octanol–water partition coefficient (Wildman–Crippen LogP) is 3.37. The molecule has 0 radical (unpaired) electrons. The molecule has 4 heterocycles. The molecule has 3 aromatic rings. The van der Waals surface area contributed by atoms with Crippen molar-refractivity contribution in [3.63, 3.8) is 0 Å². The summed E-state index contributed by atoms with van der Waals surface area (Å²) in [6.45, 7) is 4.12. The lowest BCUT2D eigenvalue weighted by atomic mass is 10.1. The Hall–Kier alpha value is -2.58. The number of carbonyl (C=O) groups is 1. The molecule has 1 aliphatic rings. The van der Waals surface area contributed by atoms with Crippen LogP contribution in [0.25, 0.3) is 10.2 Å². The molecule has 1 saturated heterocycles. The minimum Gasteiger partial charge on any atom is -0.384 e. The van der Waals surface area contributed by atoms with Crippen molar-refractivity contribution in [1.29, 1.82) is 0 Å². The van der Waals surface area contributed by atoms with E-state index in [1.807, 2.05) is 41.5 Å². The Bertz CT molecular complexity index is 962. The van der Waals surface area contributed by atoms with E-state index in [-0.39, 0.29) is 11.9 Å². The Labute approximate surface area is 167 Å². The summed E-state index contributed by atoms with van der Waals surface area (Å²) < 4.78 is 6.07. The maximum absolute atomic E-state index is 13.2. The van der Waals surface area contributed by atoms with E-state index in [1.165, 1.54) is 11.3 Å². The lowest BCUT2D eigenvalue weighted by Gasteiger charge is -2.18. The highest BCUT2D eigenvalue weighted by molar-refractivity contribution is 7.17. The van der Waals surface area contributed by atoms with E-state index >= 15 is 0 Å². The van der Waals surface area contributed by atoms with Gasteiger partial charge in [0, 0.05) is 32.3 Å². The highest BCUT2D eigenvalue weighted by Gasteiger charge is 2.29. The van der Waals surface area contributed by atoms with E-state index in [0.29, 0.717) is 30.7 Å². The Morgan fingerprint density at radius 2 is 2.29 bits per heavy atom. The lowest BCUT2D eigenvalue weighted by Crippen LogP contribution is -2.30. The van der Waals surface area contributed by atoms with Crippen LogP contribution < -0.4 is 5.32 Å². The van der Waals surface area contributed by atoms with Gasteiger partial charge in [-0.1, -0.05) is 6.07 Å². The smallest absolute Gasteiger partial charge is 0.274 e. The number of nitrogens with zero attached hydrogens (tertiary/aromatic N) is 4. The van der Waals surface area contributed by atoms with Crippen molar-refractivity contribution in [3.8, 4) is 0 Å². The number of hydrogen-bond donors (Lipinski definition) is 1. The first kappa shape index (κ1) is 18.8. The number of hydrogen-bond acceptors (Lipinski definition) is 7. The number of ether oxygens (including phenoxy) is 1. The summed E-state index contributed by atoms with van der Waals surface area (Å²) in [4.78, 5) is 28.6. The molecule has 4 rings (SSSR count). The van der Waals surface area contributed by atoms with Gasteiger partial charge in [-0.05, 0) is 36.9 Å². The first-order chi connectivity index (χ1) is 13.7. The third-order valence-corrected chi connectivity index (χ3v) is 5.87. The summed E-state index contributed by atoms with van der Waals surface area (Å²) in [6.07, 6.45) is 2.72. The minimum atomic E-state index is -0.0712. The van der Waals surface area contributed by atoms with E-state index in [0.717, 1.165) is 28.9 Å². The largest absolute Gasteiger partial charge is 0.384 e. The van der Waals surface area contributed by atoms with Crippen LogP contribution in [0.5, 0.6) is 0 Å². The summed E-state index contributed by atoms with van der Waals surface area (Å²) >= 11 is 1.50. The molecule has 3 aromatic heterocycles. The molecule has 1 amide bonds. The molecular weight excluding hydrogens is 374 g/mol. The van der Waals surface area contributed by atoms with Crippen LogP contribution in [0.2, 0.25) is 0 Å². The van der Waals surface area contributed by atoms with Gasteiger partial charge < -0.3 is 15.0 Å². The first-order valence-electron chi connectivity index (χ1n) is 9.36. The Kier molecular flexibility index (Phi) is 5.50. The fourth-order valence-corrected chi connectivity index (χ4v) is 4.32. The second-order valence-electron chi connectivity index (χ2n) is 7.01. The number of fused-ring (bicyclic) bond motifs is 1. The number of amides is 1. The minimum absolute atomic E-state index is 0.0398. The van der Waals surface area contributed by atoms with E-state index in [4.69, 9.17) is 4.74 Å². The van der Waals surface area contributed by atoms with Crippen molar-refractivity contribution < 1.29 is 9.53 Å². The predicted molar refractivity (Wildman–Crippen MR) is 110 cm³/mol. The maximum atomic E-state index is 13.2. The van der Waals surface area contributed by atoms with Crippen LogP contribution in [-0.2, 0) is 4.74 Å². The van der Waals surface area contributed by atoms with Gasteiger partial charge in [0.15, 0.2) is 5.69 Å². The van der Waals surface area contributed by atoms with Crippen molar-refractivity contribution in [2.45, 2.75) is 19.4 Å². The summed E-state index contributed by atoms with van der Waals surface area (Å²) in [5.74, 6) is 0.790. The standard InChI is InChI=1S/C20H23N5O2S/c1-13(15-5-3-4-8-21-15)22-20-23-16-7-10-28-18(16)17(24-20)19(26)25-9-6-14(11-25)12-27-2/h3-5,7-8,10,13-14H,6,9,11-12H2,1-2H3,(H,22,23,24)/t13?,14-/m1/s1. The highest BCUT2D eigenvalue weighted by Crippen LogP contribution is 2.27. The van der Waals surface area contributed by atoms with Gasteiger partial charge in [-0.25, -0.2) is 9.97 Å². The fourth-order valence-electron chi connectivity index (χ4n) is 3.51. The number of aromatic nitrogens is 3. The molecule has 8 heteroatoms. The molecule has 0 bridgehead atoms. The van der Waals surface area contributed by atoms with Crippen molar-refractivity contribution in [2.75, 3.05) is 32.1 Å². The van der Waals surface area contributed by atoms with Crippen molar-refractivity contribution in [1.82, 2.24) is 19.9 Å². The zero-order valence-corrected chi connectivity index (χ0v) is 16.8. The van der Waals surface area contributed by atoms with Crippen LogP contribution in [-0.4, -0.2) is 52.6 Å². The summed E-state index contributed by atoms with van der Waals surface area (Å²) in [5.41, 5.74) is 2.15. The normalized spacial score (nSPS) is 17.8. The monoisotopic (exact) mass is 397 g/mol. The third-order valence-electron chi connectivity index (χ3n) is 4.96. The number of pyridine rings is 1. The van der Waals surface area contributed by atoms with Gasteiger partial charge >= 0.3 is 0 Å². The van der Waals surface area contributed by atoms with Crippen molar-refractivity contribution in [3.05, 3.63) is 47.2 Å². The lowest BCUT2D eigenvalue weighted by molar-refractivity contribution is 0.0772. The average Bonchev–Trinajstić information content (AvgIpc) is 3.37. The summed E-state index contributed by atoms with van der Waals surface area (Å²) in [5, 5.41) is 5.23. The van der Waals surface area contributed by atoms with Crippen LogP contribution in [0.4, 0.5) is 5.95 Å². The molecule has 7 nitrogen and oxygen atoms in total. The quantitative estimate of drug-likeness (QED) is 0.687. The second-order valence-corrected chi connectivity index (χ2v) is 7.93. The number of carbonyl (C=O) groups excluding carboxylic acids is 1. The first-order valence-corrected chi connectivity index (χ1v) is 10.2. The average molecular weight is 398 g/mol. The molecule has 1 aliphatic heterocycles. The van der Waals surface area contributed by atoms with Gasteiger partial charge in [0.1, 0.15) is 0 Å². The molecule has 0 aliphatic carbocycles. The fraction of sp³-hybridized carbons (Fsp3) is 0.400. The third kappa shape index (κ3) is 3.83. The van der Waals surface area contributed by atoms with Gasteiger partial charge in [-0.2, -0.15) is 0 Å². The second kappa shape index (κ2) is 8.20. The van der Waals surface area contributed by atoms with E-state index in [1.54, 1.807) is 13.3 Å². The van der Waals surface area contributed by atoms with Crippen molar-refractivity contribution in [2.24, 2.45) is 5.92 Å². The number of methoxy groups -OCH3 is 1. The van der Waals surface area contributed by atoms with Gasteiger partial charge in [0.05, 0.1) is 28.6 Å². The van der Waals surface area contributed by atoms with Crippen molar-refractivity contribution >= 4 is 33.4 Å². The van der Waals surface area contributed by atoms with Gasteiger partial charge in [0.2, 0.25) is 5.95 Å². The molecule has 28 heavy (non-hydrogen) atoms. The maximum Gasteiger partial charge on any atom is 0.274 e. The molecule has 1 unspecified atom stereocenters. The number of nitrogens with one attached hydrogen (secondary N) is 1. The van der Waals surface area contributed by atoms with Crippen LogP contribution >= 0.6 is 11.3 Å². The van der Waals surface area contributed by atoms with Gasteiger partial charge in [0.25, 0.3) is 5.91 Å². The SMILES string of the molecule is COC[C@@H]1CCN(C(=O)c2nc(NC(C)c3ccccn3)nc3ccsc23)C1. The van der Waals surface area contributed by atoms with E-state index < -0.39 is 0 Å². The molecule has 1 fully saturated rings. The van der Waals surface area contributed by atoms with Gasteiger partial charge in [-0.15, -0.1) is 11.3 Å². The molecular formula is C20H23N5O2S. The van der Waals surface area contributed by atoms with E-state index in [2.05, 4.69) is 20.3 Å². The topological polar surface area (TPSA) is 80.2 Å². The zero-order chi connectivity index (χ0) is 19.5. The molecule has 0 spiro atoms. The van der Waals surface area contributed by atoms with Crippen LogP contribution in [0.15, 0.2) is 35.8 Å². The van der Waals surface area contributed by atoms with Crippen LogP contribution in [0, 0.1) is 5.92 Å². The zero-order valence-electron chi connectivity index (χ0n) is 16.0.